The van der Waals surface area contributed by atoms with E-state index in [-0.39, 0.29) is 59.9 Å². The van der Waals surface area contributed by atoms with E-state index in [9.17, 15) is 39.6 Å². The molecule has 4 heterocycles. The van der Waals surface area contributed by atoms with Crippen LogP contribution >= 0.6 is 0 Å². The molecule has 4 rings (SSSR count). The van der Waals surface area contributed by atoms with Gasteiger partial charge in [-0.1, -0.05) is 24.3 Å². The smallest absolute Gasteiger partial charge is 0.543 e. The van der Waals surface area contributed by atoms with Gasteiger partial charge in [0.05, 0.1) is 46.7 Å². The van der Waals surface area contributed by atoms with Crippen LogP contribution in [0.3, 0.4) is 0 Å². The van der Waals surface area contributed by atoms with Crippen molar-refractivity contribution in [2.45, 2.75) is 0 Å². The van der Waals surface area contributed by atoms with Gasteiger partial charge < -0.3 is 50.6 Å². The fourth-order valence-corrected chi connectivity index (χ4v) is 1.93. The fraction of sp³-hybridized carbons (Fsp3) is 0. The molecule has 0 aliphatic heterocycles. The van der Waals surface area contributed by atoms with E-state index >= 15 is 0 Å². The monoisotopic (exact) mass is 614 g/mol. The molecule has 0 saturated carbocycles. The van der Waals surface area contributed by atoms with Crippen LogP contribution in [0.25, 0.3) is 0 Å². The number of carboxylic acids is 4. The molecular weight excluding hydrogens is 596 g/mol. The standard InChI is InChI=1S/4C6H5NO2.2H2O.Zr/c4*8-6(9)5-3-1-2-4-7-5;;;/h4*1-4H,(H,8,9);2*1H2;/q;;;;;;+4/p-4. The van der Waals surface area contributed by atoms with Crippen molar-refractivity contribution in [3.63, 3.8) is 0 Å². The minimum Gasteiger partial charge on any atom is -0.543 e. The predicted molar refractivity (Wildman–Crippen MR) is 121 cm³/mol. The van der Waals surface area contributed by atoms with Crippen LogP contribution in [0, 0.1) is 0 Å². The molecular formula is C24H20N4O10Zr. The second-order valence-electron chi connectivity index (χ2n) is 6.01. The second kappa shape index (κ2) is 22.5. The zero-order chi connectivity index (χ0) is 26.8. The number of carbonyl (C=O) groups is 4. The number of hydrogen-bond donors (Lipinski definition) is 0. The number of aromatic nitrogens is 4. The Labute approximate surface area is 240 Å². The van der Waals surface area contributed by atoms with E-state index in [0.29, 0.717) is 0 Å². The SMILES string of the molecule is O.O.O=C([O-])c1ccccn1.O=C([O-])c1ccccn1.O=C([O-])c1ccccn1.O=C([O-])c1ccccn1.[Zr+4]. The molecule has 0 aliphatic carbocycles. The van der Waals surface area contributed by atoms with Gasteiger partial charge in [0, 0.05) is 24.8 Å². The molecule has 4 N–H and O–H groups in total. The number of carboxylic acid groups (broad SMARTS) is 4. The summed E-state index contributed by atoms with van der Waals surface area (Å²) in [6, 6.07) is 18.5. The number of carbonyl (C=O) groups excluding carboxylic acids is 4. The summed E-state index contributed by atoms with van der Waals surface area (Å²) in [6.45, 7) is 0. The summed E-state index contributed by atoms with van der Waals surface area (Å²) in [7, 11) is 0. The van der Waals surface area contributed by atoms with Crippen molar-refractivity contribution >= 4 is 23.9 Å². The molecule has 0 atom stereocenters. The van der Waals surface area contributed by atoms with Crippen molar-refractivity contribution in [1.82, 2.24) is 19.9 Å². The first kappa shape index (κ1) is 38.8. The predicted octanol–water partition coefficient (Wildman–Crippen LogP) is -3.87. The van der Waals surface area contributed by atoms with E-state index in [1.807, 2.05) is 0 Å². The summed E-state index contributed by atoms with van der Waals surface area (Å²) in [4.78, 5) is 54.2. The number of aromatic carboxylic acids is 4. The van der Waals surface area contributed by atoms with Gasteiger partial charge in [-0.15, -0.1) is 0 Å². The Morgan fingerprint density at radius 1 is 0.410 bits per heavy atom. The molecule has 0 bridgehead atoms. The van der Waals surface area contributed by atoms with Gasteiger partial charge in [0.2, 0.25) is 0 Å². The first-order valence-corrected chi connectivity index (χ1v) is 9.71. The maximum absolute atomic E-state index is 10.0. The molecule has 14 nitrogen and oxygen atoms in total. The third-order valence-corrected chi connectivity index (χ3v) is 3.50. The number of pyridine rings is 4. The molecule has 0 radical (unpaired) electrons. The molecule has 0 aromatic carbocycles. The zero-order valence-corrected chi connectivity index (χ0v) is 22.3. The Kier molecular flexibility index (Phi) is 22.4. The molecule has 15 heteroatoms. The van der Waals surface area contributed by atoms with E-state index in [1.165, 1.54) is 49.1 Å². The Morgan fingerprint density at radius 3 is 0.667 bits per heavy atom. The molecule has 0 amide bonds. The van der Waals surface area contributed by atoms with Crippen molar-refractivity contribution in [3.8, 4) is 0 Å². The largest absolute Gasteiger partial charge is 4.00 e. The van der Waals surface area contributed by atoms with Gasteiger partial charge >= 0.3 is 26.2 Å². The van der Waals surface area contributed by atoms with Crippen molar-refractivity contribution in [2.24, 2.45) is 0 Å². The third-order valence-electron chi connectivity index (χ3n) is 3.50. The second-order valence-corrected chi connectivity index (χ2v) is 6.01. The Bertz CT molecular complexity index is 1040. The van der Waals surface area contributed by atoms with E-state index in [4.69, 9.17) is 0 Å². The topological polar surface area (TPSA) is 275 Å². The Hall–Kier alpha value is -4.72. The van der Waals surface area contributed by atoms with Crippen molar-refractivity contribution in [2.75, 3.05) is 0 Å². The van der Waals surface area contributed by atoms with Gasteiger partial charge in [-0.05, 0) is 48.5 Å². The molecule has 0 aliphatic rings. The summed E-state index contributed by atoms with van der Waals surface area (Å²) in [5.74, 6) is -4.96. The van der Waals surface area contributed by atoms with Gasteiger partial charge in [-0.2, -0.15) is 0 Å². The van der Waals surface area contributed by atoms with Crippen LogP contribution < -0.4 is 20.4 Å². The molecule has 200 valence electrons. The van der Waals surface area contributed by atoms with E-state index in [1.54, 1.807) is 48.5 Å². The van der Waals surface area contributed by atoms with E-state index in [2.05, 4.69) is 19.9 Å². The van der Waals surface area contributed by atoms with Crippen LogP contribution in [0.15, 0.2) is 97.6 Å². The third kappa shape index (κ3) is 17.4. The molecule has 0 spiro atoms. The Morgan fingerprint density at radius 2 is 0.590 bits per heavy atom. The van der Waals surface area contributed by atoms with Gasteiger partial charge in [0.15, 0.2) is 0 Å². The van der Waals surface area contributed by atoms with Gasteiger partial charge in [-0.3, -0.25) is 19.9 Å². The van der Waals surface area contributed by atoms with Crippen LogP contribution in [0.4, 0.5) is 0 Å². The number of nitrogens with zero attached hydrogens (tertiary/aromatic N) is 4. The molecule has 0 unspecified atom stereocenters. The zero-order valence-electron chi connectivity index (χ0n) is 19.8. The van der Waals surface area contributed by atoms with E-state index < -0.39 is 23.9 Å². The van der Waals surface area contributed by atoms with Crippen LogP contribution in [0.5, 0.6) is 0 Å². The quantitative estimate of drug-likeness (QED) is 0.213. The maximum Gasteiger partial charge on any atom is 4.00 e. The summed E-state index contributed by atoms with van der Waals surface area (Å²) < 4.78 is 0. The molecule has 0 saturated heterocycles. The van der Waals surface area contributed by atoms with Gasteiger partial charge in [0.1, 0.15) is 0 Å². The number of rotatable bonds is 4. The first-order chi connectivity index (χ1) is 17.2. The summed E-state index contributed by atoms with van der Waals surface area (Å²) in [5, 5.41) is 40.1. The van der Waals surface area contributed by atoms with Crippen molar-refractivity contribution < 1.29 is 76.8 Å². The van der Waals surface area contributed by atoms with Gasteiger partial charge in [0.25, 0.3) is 0 Å². The average molecular weight is 616 g/mol. The van der Waals surface area contributed by atoms with Crippen LogP contribution in [0.1, 0.15) is 42.0 Å². The average Bonchev–Trinajstić information content (AvgIpc) is 2.92. The maximum atomic E-state index is 10.0. The molecule has 4 aromatic rings. The first-order valence-electron chi connectivity index (χ1n) is 9.71. The van der Waals surface area contributed by atoms with Crippen molar-refractivity contribution in [1.29, 1.82) is 0 Å². The molecule has 4 aromatic heterocycles. The minimum absolute atomic E-state index is 0. The van der Waals surface area contributed by atoms with Crippen LogP contribution in [-0.2, 0) is 26.2 Å². The minimum atomic E-state index is -1.24. The summed E-state index contributed by atoms with van der Waals surface area (Å²) in [6.07, 6.45) is 5.63. The van der Waals surface area contributed by atoms with Crippen LogP contribution in [-0.4, -0.2) is 54.8 Å². The Balaban J connectivity index is -0.000000432. The summed E-state index contributed by atoms with van der Waals surface area (Å²) >= 11 is 0. The van der Waals surface area contributed by atoms with Crippen LogP contribution in [0.2, 0.25) is 0 Å². The summed E-state index contributed by atoms with van der Waals surface area (Å²) in [5.41, 5.74) is -0.120. The van der Waals surface area contributed by atoms with Crippen molar-refractivity contribution in [3.05, 3.63) is 120 Å². The normalized spacial score (nSPS) is 8.21. The molecule has 0 fully saturated rings. The van der Waals surface area contributed by atoms with Gasteiger partial charge in [-0.25, -0.2) is 0 Å². The molecule has 39 heavy (non-hydrogen) atoms. The number of hydrogen-bond acceptors (Lipinski definition) is 12. The fourth-order valence-electron chi connectivity index (χ4n) is 1.93. The van der Waals surface area contributed by atoms with E-state index in [0.717, 1.165) is 0 Å².